The summed E-state index contributed by atoms with van der Waals surface area (Å²) in [5.41, 5.74) is 8.34. The molecule has 3 N–H and O–H groups in total. The van der Waals surface area contributed by atoms with Gasteiger partial charge in [-0.15, -0.1) is 23.7 Å². The lowest BCUT2D eigenvalue weighted by molar-refractivity contribution is 0.0954. The van der Waals surface area contributed by atoms with E-state index in [1.165, 1.54) is 0 Å². The molecule has 126 valence electrons. The van der Waals surface area contributed by atoms with Gasteiger partial charge in [-0.1, -0.05) is 32.9 Å². The largest absolute Gasteiger partial charge is 0.352 e. The van der Waals surface area contributed by atoms with Crippen molar-refractivity contribution >= 4 is 29.7 Å². The van der Waals surface area contributed by atoms with E-state index in [9.17, 15) is 4.79 Å². The average molecular weight is 354 g/mol. The Kier molecular flexibility index (Phi) is 7.19. The van der Waals surface area contributed by atoms with Crippen LogP contribution in [0.25, 0.3) is 0 Å². The number of hydrogen-bond acceptors (Lipinski definition) is 4. The van der Waals surface area contributed by atoms with Gasteiger partial charge in [0.15, 0.2) is 0 Å². The minimum Gasteiger partial charge on any atom is -0.352 e. The van der Waals surface area contributed by atoms with Gasteiger partial charge in [0, 0.05) is 35.9 Å². The summed E-state index contributed by atoms with van der Waals surface area (Å²) in [6.45, 7) is 7.54. The molecule has 0 aliphatic heterocycles. The van der Waals surface area contributed by atoms with Crippen LogP contribution in [0.4, 0.5) is 0 Å². The third-order valence-corrected chi connectivity index (χ3v) is 4.63. The summed E-state index contributed by atoms with van der Waals surface area (Å²) in [7, 11) is 0. The standard InChI is InChI=1S/C17H23N3OS.ClH/c1-17(2,3)16-20-14(11-22-16)8-9-19-15(21)13-6-4-12(10-18)5-7-13;/h4-7,11H,8-10,18H2,1-3H3,(H,19,21);1H. The van der Waals surface area contributed by atoms with Crippen LogP contribution in [-0.2, 0) is 18.4 Å². The van der Waals surface area contributed by atoms with Crippen molar-refractivity contribution in [2.45, 2.75) is 39.2 Å². The molecule has 0 bridgehead atoms. The summed E-state index contributed by atoms with van der Waals surface area (Å²) < 4.78 is 0. The minimum atomic E-state index is -0.0603. The Hall–Kier alpha value is -1.43. The quantitative estimate of drug-likeness (QED) is 0.866. The summed E-state index contributed by atoms with van der Waals surface area (Å²) in [5.74, 6) is -0.0603. The third-order valence-electron chi connectivity index (χ3n) is 3.31. The number of benzene rings is 1. The van der Waals surface area contributed by atoms with Gasteiger partial charge in [0.25, 0.3) is 5.91 Å². The molecule has 2 rings (SSSR count). The molecule has 1 amide bonds. The summed E-state index contributed by atoms with van der Waals surface area (Å²) in [6.07, 6.45) is 0.749. The fourth-order valence-corrected chi connectivity index (χ4v) is 2.91. The molecule has 0 aliphatic rings. The highest BCUT2D eigenvalue weighted by Gasteiger charge is 2.17. The van der Waals surface area contributed by atoms with Crippen molar-refractivity contribution in [3.8, 4) is 0 Å². The number of amides is 1. The highest BCUT2D eigenvalue weighted by Crippen LogP contribution is 2.25. The number of nitrogens with one attached hydrogen (secondary N) is 1. The van der Waals surface area contributed by atoms with Crippen molar-refractivity contribution in [3.05, 3.63) is 51.5 Å². The van der Waals surface area contributed by atoms with E-state index in [4.69, 9.17) is 5.73 Å². The molecule has 0 unspecified atom stereocenters. The van der Waals surface area contributed by atoms with E-state index in [-0.39, 0.29) is 23.7 Å². The number of nitrogens with two attached hydrogens (primary N) is 1. The fourth-order valence-electron chi connectivity index (χ4n) is 1.96. The van der Waals surface area contributed by atoms with Crippen molar-refractivity contribution in [2.75, 3.05) is 6.54 Å². The van der Waals surface area contributed by atoms with Crippen molar-refractivity contribution in [1.82, 2.24) is 10.3 Å². The normalized spacial score (nSPS) is 11.0. The Morgan fingerprint density at radius 1 is 1.26 bits per heavy atom. The number of rotatable bonds is 5. The van der Waals surface area contributed by atoms with Crippen molar-refractivity contribution in [3.63, 3.8) is 0 Å². The van der Waals surface area contributed by atoms with Gasteiger partial charge in [0.05, 0.1) is 10.7 Å². The number of aromatic nitrogens is 1. The number of thiazole rings is 1. The van der Waals surface area contributed by atoms with Crippen molar-refractivity contribution in [2.24, 2.45) is 5.73 Å². The lowest BCUT2D eigenvalue weighted by Gasteiger charge is -2.13. The van der Waals surface area contributed by atoms with E-state index in [0.717, 1.165) is 22.7 Å². The first-order valence-electron chi connectivity index (χ1n) is 7.42. The number of halogens is 1. The lowest BCUT2D eigenvalue weighted by Crippen LogP contribution is -2.25. The molecule has 0 radical (unpaired) electrons. The zero-order chi connectivity index (χ0) is 16.2. The molecule has 0 saturated heterocycles. The Labute approximate surface area is 147 Å². The molecule has 0 spiro atoms. The molecule has 1 aromatic heterocycles. The summed E-state index contributed by atoms with van der Waals surface area (Å²) >= 11 is 1.68. The van der Waals surface area contributed by atoms with E-state index < -0.39 is 0 Å². The smallest absolute Gasteiger partial charge is 0.251 e. The van der Waals surface area contributed by atoms with Crippen LogP contribution < -0.4 is 11.1 Å². The van der Waals surface area contributed by atoms with E-state index >= 15 is 0 Å². The van der Waals surface area contributed by atoms with Gasteiger partial charge in [-0.2, -0.15) is 0 Å². The van der Waals surface area contributed by atoms with Crippen LogP contribution in [0, 0.1) is 0 Å². The molecule has 0 aliphatic carbocycles. The second-order valence-electron chi connectivity index (χ2n) is 6.30. The van der Waals surface area contributed by atoms with Crippen LogP contribution in [0.1, 0.15) is 47.4 Å². The number of hydrogen-bond donors (Lipinski definition) is 2. The predicted molar refractivity (Wildman–Crippen MR) is 98.4 cm³/mol. The first-order chi connectivity index (χ1) is 10.4. The number of carbonyl (C=O) groups is 1. The van der Waals surface area contributed by atoms with Gasteiger partial charge in [0.2, 0.25) is 0 Å². The second kappa shape index (κ2) is 8.43. The molecular weight excluding hydrogens is 330 g/mol. The molecular formula is C17H24ClN3OS. The monoisotopic (exact) mass is 353 g/mol. The zero-order valence-corrected chi connectivity index (χ0v) is 15.4. The van der Waals surface area contributed by atoms with Gasteiger partial charge in [-0.3, -0.25) is 4.79 Å². The van der Waals surface area contributed by atoms with Gasteiger partial charge >= 0.3 is 0 Å². The third kappa shape index (κ3) is 5.61. The van der Waals surface area contributed by atoms with Crippen LogP contribution in [0.2, 0.25) is 0 Å². The summed E-state index contributed by atoms with van der Waals surface area (Å²) in [4.78, 5) is 16.7. The Morgan fingerprint density at radius 2 is 1.91 bits per heavy atom. The van der Waals surface area contributed by atoms with Crippen LogP contribution in [0.15, 0.2) is 29.6 Å². The highest BCUT2D eigenvalue weighted by atomic mass is 35.5. The average Bonchev–Trinajstić information content (AvgIpc) is 2.96. The van der Waals surface area contributed by atoms with Gasteiger partial charge in [0.1, 0.15) is 0 Å². The van der Waals surface area contributed by atoms with Crippen LogP contribution in [0.3, 0.4) is 0 Å². The minimum absolute atomic E-state index is 0. The van der Waals surface area contributed by atoms with Crippen LogP contribution >= 0.6 is 23.7 Å². The molecule has 23 heavy (non-hydrogen) atoms. The topological polar surface area (TPSA) is 68.0 Å². The van der Waals surface area contributed by atoms with Gasteiger partial charge < -0.3 is 11.1 Å². The number of carbonyl (C=O) groups excluding carboxylic acids is 1. The lowest BCUT2D eigenvalue weighted by atomic mass is 9.98. The fraction of sp³-hybridized carbons (Fsp3) is 0.412. The van der Waals surface area contributed by atoms with Crippen LogP contribution in [0.5, 0.6) is 0 Å². The van der Waals surface area contributed by atoms with E-state index in [0.29, 0.717) is 18.7 Å². The molecule has 0 atom stereocenters. The highest BCUT2D eigenvalue weighted by molar-refractivity contribution is 7.09. The number of nitrogens with zero attached hydrogens (tertiary/aromatic N) is 1. The molecule has 0 saturated carbocycles. The molecule has 0 fully saturated rings. The van der Waals surface area contributed by atoms with Gasteiger partial charge in [-0.25, -0.2) is 4.98 Å². The molecule has 1 aromatic carbocycles. The first kappa shape index (κ1) is 19.6. The maximum atomic E-state index is 12.0. The molecule has 1 heterocycles. The van der Waals surface area contributed by atoms with E-state index in [1.54, 1.807) is 23.5 Å². The van der Waals surface area contributed by atoms with Crippen molar-refractivity contribution < 1.29 is 4.79 Å². The van der Waals surface area contributed by atoms with Crippen LogP contribution in [-0.4, -0.2) is 17.4 Å². The SMILES string of the molecule is CC(C)(C)c1nc(CCNC(=O)c2ccc(CN)cc2)cs1.Cl. The van der Waals surface area contributed by atoms with E-state index in [2.05, 4.69) is 36.5 Å². The molecule has 6 heteroatoms. The maximum Gasteiger partial charge on any atom is 0.251 e. The Morgan fingerprint density at radius 3 is 2.43 bits per heavy atom. The Bertz CT molecular complexity index is 632. The maximum absolute atomic E-state index is 12.0. The summed E-state index contributed by atoms with van der Waals surface area (Å²) in [6, 6.07) is 7.37. The Balaban J connectivity index is 0.00000264. The van der Waals surface area contributed by atoms with Crippen molar-refractivity contribution in [1.29, 1.82) is 0 Å². The zero-order valence-electron chi connectivity index (χ0n) is 13.8. The molecule has 4 nitrogen and oxygen atoms in total. The van der Waals surface area contributed by atoms with E-state index in [1.807, 2.05) is 12.1 Å². The summed E-state index contributed by atoms with van der Waals surface area (Å²) in [5, 5.41) is 6.13. The second-order valence-corrected chi connectivity index (χ2v) is 7.16. The van der Waals surface area contributed by atoms with Gasteiger partial charge in [-0.05, 0) is 17.7 Å². The first-order valence-corrected chi connectivity index (χ1v) is 8.30. The molecule has 2 aromatic rings. The predicted octanol–water partition coefficient (Wildman–Crippen LogP) is 3.29.